The minimum Gasteiger partial charge on any atom is -0.381 e. The molecule has 0 spiro atoms. The Bertz CT molecular complexity index is 696. The Kier molecular flexibility index (Phi) is 6.09. The van der Waals surface area contributed by atoms with Crippen LogP contribution in [-0.4, -0.2) is 45.7 Å². The minimum atomic E-state index is 0.217. The number of likely N-dealkylation sites (tertiary alicyclic amines) is 1. The van der Waals surface area contributed by atoms with E-state index in [1.807, 2.05) is 25.5 Å². The topological polar surface area (TPSA) is 43.2 Å². The molecule has 2 aromatic heterocycles. The monoisotopic (exact) mass is 356 g/mol. The number of imidazole rings is 1. The van der Waals surface area contributed by atoms with Crippen molar-refractivity contribution in [3.63, 3.8) is 0 Å². The molecular formula is C21H32N4O. The SMILES string of the molecule is CCOC[C@@]1(CCc2nccn2C)CCN(C(C)c2ccc(C)nc2)C1. The Balaban J connectivity index is 1.68. The van der Waals surface area contributed by atoms with E-state index in [1.54, 1.807) is 0 Å². The number of ether oxygens (including phenoxy) is 1. The predicted molar refractivity (Wildman–Crippen MR) is 104 cm³/mol. The van der Waals surface area contributed by atoms with E-state index in [0.29, 0.717) is 6.04 Å². The van der Waals surface area contributed by atoms with Gasteiger partial charge in [0.15, 0.2) is 0 Å². The Hall–Kier alpha value is -1.72. The quantitative estimate of drug-likeness (QED) is 0.725. The highest BCUT2D eigenvalue weighted by Gasteiger charge is 2.40. The fraction of sp³-hybridized carbons (Fsp3) is 0.619. The second-order valence-corrected chi connectivity index (χ2v) is 7.72. The van der Waals surface area contributed by atoms with Crippen LogP contribution in [0.2, 0.25) is 0 Å². The number of aryl methyl sites for hydroxylation is 3. The van der Waals surface area contributed by atoms with Crippen molar-refractivity contribution in [2.75, 3.05) is 26.3 Å². The molecule has 142 valence electrons. The summed E-state index contributed by atoms with van der Waals surface area (Å²) >= 11 is 0. The summed E-state index contributed by atoms with van der Waals surface area (Å²) < 4.78 is 8.03. The van der Waals surface area contributed by atoms with E-state index < -0.39 is 0 Å². The zero-order valence-electron chi connectivity index (χ0n) is 16.6. The zero-order chi connectivity index (χ0) is 18.6. The summed E-state index contributed by atoms with van der Waals surface area (Å²) in [5.74, 6) is 1.16. The van der Waals surface area contributed by atoms with Gasteiger partial charge in [0.05, 0.1) is 6.61 Å². The van der Waals surface area contributed by atoms with Crippen LogP contribution in [0.4, 0.5) is 0 Å². The van der Waals surface area contributed by atoms with Crippen LogP contribution in [0, 0.1) is 12.3 Å². The predicted octanol–water partition coefficient (Wildman–Crippen LogP) is 3.55. The normalized spacial score (nSPS) is 22.0. The molecule has 1 fully saturated rings. The smallest absolute Gasteiger partial charge is 0.108 e. The van der Waals surface area contributed by atoms with Crippen molar-refractivity contribution in [3.05, 3.63) is 47.8 Å². The summed E-state index contributed by atoms with van der Waals surface area (Å²) in [6, 6.07) is 4.71. The maximum atomic E-state index is 5.90. The lowest BCUT2D eigenvalue weighted by Gasteiger charge is -2.31. The Morgan fingerprint density at radius 3 is 2.81 bits per heavy atom. The molecule has 5 nitrogen and oxygen atoms in total. The highest BCUT2D eigenvalue weighted by atomic mass is 16.5. The number of nitrogens with zero attached hydrogens (tertiary/aromatic N) is 4. The van der Waals surface area contributed by atoms with Crippen LogP contribution in [0.25, 0.3) is 0 Å². The van der Waals surface area contributed by atoms with E-state index in [9.17, 15) is 0 Å². The van der Waals surface area contributed by atoms with Crippen molar-refractivity contribution >= 4 is 0 Å². The maximum absolute atomic E-state index is 5.90. The van der Waals surface area contributed by atoms with Crippen LogP contribution in [0.15, 0.2) is 30.7 Å². The standard InChI is InChI=1S/C21H32N4O/c1-5-26-16-21(9-8-20-22-11-13-24(20)4)10-12-25(15-21)18(3)19-7-6-17(2)23-14-19/h6-7,11,13-14,18H,5,8-10,12,15-16H2,1-4H3/t18?,21-/m0/s1. The van der Waals surface area contributed by atoms with E-state index in [2.05, 4.69) is 52.5 Å². The third-order valence-electron chi connectivity index (χ3n) is 5.84. The summed E-state index contributed by atoms with van der Waals surface area (Å²) in [6.45, 7) is 10.2. The van der Waals surface area contributed by atoms with Crippen molar-refractivity contribution in [2.45, 2.75) is 46.1 Å². The molecule has 5 heteroatoms. The molecule has 0 amide bonds. The van der Waals surface area contributed by atoms with Crippen molar-refractivity contribution in [1.29, 1.82) is 0 Å². The summed E-state index contributed by atoms with van der Waals surface area (Å²) in [5.41, 5.74) is 2.59. The molecule has 0 bridgehead atoms. The average molecular weight is 357 g/mol. The molecule has 0 saturated carbocycles. The second kappa shape index (κ2) is 8.31. The molecule has 3 rings (SSSR count). The Morgan fingerprint density at radius 2 is 2.15 bits per heavy atom. The van der Waals surface area contributed by atoms with Crippen molar-refractivity contribution in [3.8, 4) is 0 Å². The van der Waals surface area contributed by atoms with Gasteiger partial charge in [-0.1, -0.05) is 6.07 Å². The molecule has 1 aliphatic heterocycles. The third-order valence-corrected chi connectivity index (χ3v) is 5.84. The number of aromatic nitrogens is 3. The molecule has 2 aromatic rings. The van der Waals surface area contributed by atoms with Crippen molar-refractivity contribution < 1.29 is 4.74 Å². The van der Waals surface area contributed by atoms with Crippen LogP contribution < -0.4 is 0 Å². The van der Waals surface area contributed by atoms with Gasteiger partial charge in [0.1, 0.15) is 5.82 Å². The molecule has 0 N–H and O–H groups in total. The first kappa shape index (κ1) is 19.1. The van der Waals surface area contributed by atoms with Crippen molar-refractivity contribution in [2.24, 2.45) is 12.5 Å². The van der Waals surface area contributed by atoms with E-state index in [1.165, 1.54) is 12.0 Å². The van der Waals surface area contributed by atoms with Gasteiger partial charge in [0.25, 0.3) is 0 Å². The van der Waals surface area contributed by atoms with Gasteiger partial charge >= 0.3 is 0 Å². The summed E-state index contributed by atoms with van der Waals surface area (Å²) in [5, 5.41) is 0. The van der Waals surface area contributed by atoms with Crippen molar-refractivity contribution in [1.82, 2.24) is 19.4 Å². The molecule has 3 heterocycles. The number of pyridine rings is 1. The molecule has 0 radical (unpaired) electrons. The summed E-state index contributed by atoms with van der Waals surface area (Å²) in [7, 11) is 2.07. The first-order valence-corrected chi connectivity index (χ1v) is 9.73. The lowest BCUT2D eigenvalue weighted by Crippen LogP contribution is -2.33. The highest BCUT2D eigenvalue weighted by molar-refractivity contribution is 5.17. The molecule has 1 saturated heterocycles. The third kappa shape index (κ3) is 4.33. The van der Waals surface area contributed by atoms with Gasteiger partial charge < -0.3 is 9.30 Å². The van der Waals surface area contributed by atoms with E-state index in [0.717, 1.165) is 50.7 Å². The Labute approximate surface area is 157 Å². The molecular weight excluding hydrogens is 324 g/mol. The number of hydrogen-bond donors (Lipinski definition) is 0. The molecule has 2 atom stereocenters. The lowest BCUT2D eigenvalue weighted by molar-refractivity contribution is 0.0462. The maximum Gasteiger partial charge on any atom is 0.108 e. The Morgan fingerprint density at radius 1 is 1.31 bits per heavy atom. The fourth-order valence-electron chi connectivity index (χ4n) is 3.96. The van der Waals surface area contributed by atoms with Crippen LogP contribution in [0.3, 0.4) is 0 Å². The van der Waals surface area contributed by atoms with E-state index in [-0.39, 0.29) is 5.41 Å². The van der Waals surface area contributed by atoms with E-state index >= 15 is 0 Å². The van der Waals surface area contributed by atoms with Gasteiger partial charge in [-0.3, -0.25) is 9.88 Å². The molecule has 0 aromatic carbocycles. The summed E-state index contributed by atoms with van der Waals surface area (Å²) in [6.07, 6.45) is 9.24. The molecule has 26 heavy (non-hydrogen) atoms. The zero-order valence-corrected chi connectivity index (χ0v) is 16.6. The van der Waals surface area contributed by atoms with Gasteiger partial charge in [0, 0.05) is 62.4 Å². The lowest BCUT2D eigenvalue weighted by atomic mass is 9.83. The largest absolute Gasteiger partial charge is 0.381 e. The van der Waals surface area contributed by atoms with Crippen LogP contribution >= 0.6 is 0 Å². The number of rotatable bonds is 8. The van der Waals surface area contributed by atoms with Gasteiger partial charge in [-0.15, -0.1) is 0 Å². The fourth-order valence-corrected chi connectivity index (χ4v) is 3.96. The molecule has 1 unspecified atom stereocenters. The van der Waals surface area contributed by atoms with Gasteiger partial charge in [-0.2, -0.15) is 0 Å². The van der Waals surface area contributed by atoms with Crippen LogP contribution in [0.5, 0.6) is 0 Å². The van der Waals surface area contributed by atoms with Crippen LogP contribution in [0.1, 0.15) is 49.8 Å². The van der Waals surface area contributed by atoms with Gasteiger partial charge in [0.2, 0.25) is 0 Å². The van der Waals surface area contributed by atoms with Gasteiger partial charge in [-0.25, -0.2) is 4.98 Å². The van der Waals surface area contributed by atoms with E-state index in [4.69, 9.17) is 4.74 Å². The first-order valence-electron chi connectivity index (χ1n) is 9.73. The van der Waals surface area contributed by atoms with Crippen LogP contribution in [-0.2, 0) is 18.2 Å². The molecule has 0 aliphatic carbocycles. The first-order chi connectivity index (χ1) is 12.5. The van der Waals surface area contributed by atoms with Gasteiger partial charge in [-0.05, 0) is 51.8 Å². The molecule has 1 aliphatic rings. The highest BCUT2D eigenvalue weighted by Crippen LogP contribution is 2.39. The average Bonchev–Trinajstić information content (AvgIpc) is 3.25. The summed E-state index contributed by atoms with van der Waals surface area (Å²) in [4.78, 5) is 11.6. The number of hydrogen-bond acceptors (Lipinski definition) is 4. The minimum absolute atomic E-state index is 0.217. The second-order valence-electron chi connectivity index (χ2n) is 7.72.